The zero-order chi connectivity index (χ0) is 50.5. The van der Waals surface area contributed by atoms with Crippen molar-refractivity contribution in [3.05, 3.63) is 0 Å². The van der Waals surface area contributed by atoms with E-state index < -0.39 is 115 Å². The molecule has 0 aromatic heterocycles. The van der Waals surface area contributed by atoms with Crippen LogP contribution in [0.3, 0.4) is 0 Å². The minimum Gasteiger partial charge on any atom is -0.480 e. The smallest absolute Gasteiger partial charge is 0.326 e. The molecule has 1 rings (SSSR count). The van der Waals surface area contributed by atoms with E-state index in [4.69, 9.17) is 0 Å². The standard InChI is InChI=1S/C42H73N9O16/c1-4-5-6-7-8-9-10-11-12-13-14-19-33(56)49-34-35(57)41(63)43-21-20-29(45-40(34)62)37(59)48-31(24-52)38(60)44-28(17-15-22-50(66)26(2)54)36(58)47-32(25-53)39(61)46-30(42(64)65)18-16-23-51(67)27(3)55/h28-32,34-35,52-53,57,66-67H,4-25H2,1-3H3,(H,43,63)(H,44,60)(H,45,62)(H,46,61)(H,47,58)(H,48,59)(H,49,56)(H,64,65)/t28-,29?,30+,31-,32+,34?,35?/m1/s1. The zero-order valence-electron chi connectivity index (χ0n) is 38.8. The monoisotopic (exact) mass is 960 g/mol. The number of hydroxylamine groups is 4. The van der Waals surface area contributed by atoms with E-state index in [0.717, 1.165) is 46.0 Å². The van der Waals surface area contributed by atoms with E-state index in [1.807, 2.05) is 0 Å². The van der Waals surface area contributed by atoms with Crippen molar-refractivity contribution in [3.63, 3.8) is 0 Å². The van der Waals surface area contributed by atoms with Crippen LogP contribution in [0.4, 0.5) is 0 Å². The summed E-state index contributed by atoms with van der Waals surface area (Å²) in [4.78, 5) is 127. The van der Waals surface area contributed by atoms with Gasteiger partial charge in [0.1, 0.15) is 36.3 Å². The number of hydrogen-bond acceptors (Lipinski definition) is 15. The summed E-state index contributed by atoms with van der Waals surface area (Å²) in [7, 11) is 0. The lowest BCUT2D eigenvalue weighted by molar-refractivity contribution is -0.163. The van der Waals surface area contributed by atoms with Crippen LogP contribution < -0.4 is 37.2 Å². The number of carboxylic acid groups (broad SMARTS) is 1. The van der Waals surface area contributed by atoms with Gasteiger partial charge in [0.25, 0.3) is 5.91 Å². The molecule has 1 heterocycles. The summed E-state index contributed by atoms with van der Waals surface area (Å²) in [6.45, 7) is 1.27. The van der Waals surface area contributed by atoms with Crippen molar-refractivity contribution in [2.75, 3.05) is 32.8 Å². The summed E-state index contributed by atoms with van der Waals surface area (Å²) < 4.78 is 0. The number of aliphatic hydroxyl groups excluding tert-OH is 3. The number of aliphatic carboxylic acids is 1. The van der Waals surface area contributed by atoms with Crippen LogP contribution in [0.5, 0.6) is 0 Å². The van der Waals surface area contributed by atoms with Gasteiger partial charge in [0.15, 0.2) is 6.10 Å². The first-order valence-electron chi connectivity index (χ1n) is 22.9. The number of unbranched alkanes of at least 4 members (excludes halogenated alkanes) is 10. The van der Waals surface area contributed by atoms with Crippen LogP contribution in [0.25, 0.3) is 0 Å². The summed E-state index contributed by atoms with van der Waals surface area (Å²) in [6, 6.07) is -10.1. The Bertz CT molecular complexity index is 1640. The van der Waals surface area contributed by atoms with Crippen LogP contribution in [0.1, 0.15) is 130 Å². The molecule has 25 nitrogen and oxygen atoms in total. The summed E-state index contributed by atoms with van der Waals surface area (Å²) in [5, 5.41) is 76.3. The number of aliphatic hydroxyl groups is 3. The fourth-order valence-electron chi connectivity index (χ4n) is 6.82. The summed E-state index contributed by atoms with van der Waals surface area (Å²) in [5.74, 6) is -10.2. The van der Waals surface area contributed by atoms with Crippen molar-refractivity contribution >= 4 is 59.1 Å². The molecule has 1 aliphatic rings. The van der Waals surface area contributed by atoms with Crippen molar-refractivity contribution in [2.24, 2.45) is 0 Å². The molecule has 13 N–H and O–H groups in total. The molecule has 3 unspecified atom stereocenters. The van der Waals surface area contributed by atoms with Crippen molar-refractivity contribution in [1.29, 1.82) is 0 Å². The van der Waals surface area contributed by atoms with E-state index in [-0.39, 0.29) is 58.2 Å². The molecular weight excluding hydrogens is 887 g/mol. The number of nitrogens with zero attached hydrogens (tertiary/aromatic N) is 2. The third-order valence-corrected chi connectivity index (χ3v) is 10.9. The highest BCUT2D eigenvalue weighted by molar-refractivity contribution is 5.99. The second-order valence-corrected chi connectivity index (χ2v) is 16.4. The average Bonchev–Trinajstić information content (AvgIpc) is 3.33. The molecule has 0 aliphatic carbocycles. The average molecular weight is 960 g/mol. The molecule has 1 aliphatic heterocycles. The predicted octanol–water partition coefficient (Wildman–Crippen LogP) is -2.42. The molecule has 1 saturated heterocycles. The lowest BCUT2D eigenvalue weighted by Gasteiger charge is -2.26. The van der Waals surface area contributed by atoms with Gasteiger partial charge in [0.2, 0.25) is 47.3 Å². The number of carbonyl (C=O) groups excluding carboxylic acids is 9. The Morgan fingerprint density at radius 1 is 0.642 bits per heavy atom. The van der Waals surface area contributed by atoms with Gasteiger partial charge < -0.3 is 57.6 Å². The van der Waals surface area contributed by atoms with Crippen molar-refractivity contribution < 1.29 is 78.8 Å². The lowest BCUT2D eigenvalue weighted by atomic mass is 10.0. The normalized spacial score (nSPS) is 17.9. The molecule has 0 aromatic rings. The minimum absolute atomic E-state index is 0.00852. The Hall–Kier alpha value is -5.50. The van der Waals surface area contributed by atoms with E-state index >= 15 is 0 Å². The second-order valence-electron chi connectivity index (χ2n) is 16.4. The van der Waals surface area contributed by atoms with Gasteiger partial charge in [0.05, 0.1) is 13.2 Å². The Labute approximate surface area is 389 Å². The van der Waals surface area contributed by atoms with E-state index in [1.54, 1.807) is 0 Å². The Morgan fingerprint density at radius 3 is 1.58 bits per heavy atom. The number of hydrogen-bond donors (Lipinski definition) is 13. The van der Waals surface area contributed by atoms with Gasteiger partial charge in [-0.05, 0) is 38.5 Å². The Morgan fingerprint density at radius 2 is 1.09 bits per heavy atom. The number of amides is 9. The maximum atomic E-state index is 13.5. The van der Waals surface area contributed by atoms with Crippen molar-refractivity contribution in [3.8, 4) is 0 Å². The van der Waals surface area contributed by atoms with Crippen LogP contribution in [0, 0.1) is 0 Å². The molecule has 0 bridgehead atoms. The van der Waals surface area contributed by atoms with Crippen LogP contribution in [0.2, 0.25) is 0 Å². The lowest BCUT2D eigenvalue weighted by Crippen LogP contribution is -2.61. The quantitative estimate of drug-likeness (QED) is 0.0190. The number of nitrogens with one attached hydrogen (secondary N) is 7. The van der Waals surface area contributed by atoms with Crippen LogP contribution in [-0.2, 0) is 47.9 Å². The number of carbonyl (C=O) groups is 10. The first kappa shape index (κ1) is 59.5. The molecule has 67 heavy (non-hydrogen) atoms. The molecule has 0 aromatic carbocycles. The first-order chi connectivity index (χ1) is 31.8. The highest BCUT2D eigenvalue weighted by Crippen LogP contribution is 2.13. The van der Waals surface area contributed by atoms with E-state index in [9.17, 15) is 78.8 Å². The summed E-state index contributed by atoms with van der Waals surface area (Å²) in [6.07, 6.45) is 8.36. The summed E-state index contributed by atoms with van der Waals surface area (Å²) >= 11 is 0. The molecule has 382 valence electrons. The SMILES string of the molecule is CCCCCCCCCCCCCC(=O)NC1C(=O)NC(C(=O)N[C@H](CO)C(=O)N[C@H](CCCN(O)C(C)=O)C(=O)N[C@@H](CO)C(=O)N[C@@H](CCCN(O)C(C)=O)C(=O)O)CCNC(=O)C1O. The largest absolute Gasteiger partial charge is 0.480 e. The van der Waals surface area contributed by atoms with E-state index in [1.165, 1.54) is 32.1 Å². The highest BCUT2D eigenvalue weighted by atomic mass is 16.5. The van der Waals surface area contributed by atoms with Gasteiger partial charge in [-0.15, -0.1) is 0 Å². The fourth-order valence-corrected chi connectivity index (χ4v) is 6.82. The Balaban J connectivity index is 3.03. The van der Waals surface area contributed by atoms with E-state index in [2.05, 4.69) is 44.1 Å². The fraction of sp³-hybridized carbons (Fsp3) is 0.762. The van der Waals surface area contributed by atoms with Gasteiger partial charge in [-0.1, -0.05) is 71.1 Å². The Kier molecular flexibility index (Phi) is 29.4. The molecular formula is C42H73N9O16. The maximum Gasteiger partial charge on any atom is 0.326 e. The molecule has 0 saturated carbocycles. The first-order valence-corrected chi connectivity index (χ1v) is 22.9. The van der Waals surface area contributed by atoms with Gasteiger partial charge in [-0.25, -0.2) is 14.9 Å². The third kappa shape index (κ3) is 23.7. The molecule has 1 fully saturated rings. The third-order valence-electron chi connectivity index (χ3n) is 10.9. The molecule has 7 atom stereocenters. The summed E-state index contributed by atoms with van der Waals surface area (Å²) in [5.41, 5.74) is 0. The maximum absolute atomic E-state index is 13.5. The van der Waals surface area contributed by atoms with Crippen LogP contribution in [0.15, 0.2) is 0 Å². The molecule has 25 heteroatoms. The van der Waals surface area contributed by atoms with Crippen LogP contribution in [-0.4, -0.2) is 175 Å². The van der Waals surface area contributed by atoms with Gasteiger partial charge in [-0.2, -0.15) is 0 Å². The van der Waals surface area contributed by atoms with Gasteiger partial charge >= 0.3 is 5.97 Å². The van der Waals surface area contributed by atoms with Gasteiger partial charge in [0, 0.05) is 39.9 Å². The predicted molar refractivity (Wildman–Crippen MR) is 235 cm³/mol. The number of rotatable bonds is 32. The van der Waals surface area contributed by atoms with Gasteiger partial charge in [-0.3, -0.25) is 53.6 Å². The van der Waals surface area contributed by atoms with Crippen molar-refractivity contribution in [1.82, 2.24) is 47.3 Å². The second kappa shape index (κ2) is 33.1. The van der Waals surface area contributed by atoms with E-state index in [0.29, 0.717) is 16.5 Å². The highest BCUT2D eigenvalue weighted by Gasteiger charge is 2.38. The molecule has 0 radical (unpaired) electrons. The molecule has 9 amide bonds. The van der Waals surface area contributed by atoms with Crippen molar-refractivity contribution in [2.45, 2.75) is 172 Å². The topological polar surface area (TPSA) is 383 Å². The minimum atomic E-state index is -2.03. The molecule has 0 spiro atoms. The van der Waals surface area contributed by atoms with Crippen LogP contribution >= 0.6 is 0 Å². The number of carboxylic acids is 1. The zero-order valence-corrected chi connectivity index (χ0v) is 38.8.